The number of carbonyl (C=O) groups is 1. The molecule has 1 N–H and O–H groups in total. The number of hydrogen-bond donors (Lipinski definition) is 1. The van der Waals surface area contributed by atoms with Gasteiger partial charge in [0.2, 0.25) is 0 Å². The first kappa shape index (κ1) is 27.5. The second kappa shape index (κ2) is 10.9. The SMILES string of the molecule is Cn1cnc2cc(Oc3ccc(Nc4ncnc5ccc(N6CCN(C(=O)OC(C)(C)C)CC6)nc45)cc3Cl)cnc21. The van der Waals surface area contributed by atoms with Crippen LogP contribution < -0.4 is 15.0 Å². The monoisotopic (exact) mass is 587 g/mol. The van der Waals surface area contributed by atoms with E-state index < -0.39 is 5.60 Å². The Hall–Kier alpha value is -4.71. The molecule has 12 nitrogen and oxygen atoms in total. The fraction of sp³-hybridized carbons (Fsp3) is 0.310. The summed E-state index contributed by atoms with van der Waals surface area (Å²) < 4.78 is 13.3. The summed E-state index contributed by atoms with van der Waals surface area (Å²) >= 11 is 6.59. The number of imidazole rings is 1. The zero-order valence-electron chi connectivity index (χ0n) is 23.7. The van der Waals surface area contributed by atoms with Gasteiger partial charge in [-0.25, -0.2) is 29.7 Å². The number of nitrogens with zero attached hydrogens (tertiary/aromatic N) is 8. The van der Waals surface area contributed by atoms with Gasteiger partial charge in [0.1, 0.15) is 40.3 Å². The van der Waals surface area contributed by atoms with Crippen molar-refractivity contribution in [3.63, 3.8) is 0 Å². The first-order valence-electron chi connectivity index (χ1n) is 13.5. The van der Waals surface area contributed by atoms with Crippen molar-refractivity contribution < 1.29 is 14.3 Å². The van der Waals surface area contributed by atoms with Gasteiger partial charge in [0, 0.05) is 45.0 Å². The van der Waals surface area contributed by atoms with Crippen molar-refractivity contribution in [1.82, 2.24) is 34.4 Å². The van der Waals surface area contributed by atoms with Gasteiger partial charge in [-0.05, 0) is 51.1 Å². The van der Waals surface area contributed by atoms with Crippen molar-refractivity contribution in [3.8, 4) is 11.5 Å². The quantitative estimate of drug-likeness (QED) is 0.280. The van der Waals surface area contributed by atoms with E-state index in [1.54, 1.807) is 29.6 Å². The molecule has 216 valence electrons. The molecule has 0 saturated carbocycles. The maximum atomic E-state index is 12.5. The Morgan fingerprint density at radius 2 is 1.79 bits per heavy atom. The lowest BCUT2D eigenvalue weighted by Gasteiger charge is -2.36. The van der Waals surface area contributed by atoms with Gasteiger partial charge in [-0.1, -0.05) is 11.6 Å². The molecule has 5 heterocycles. The lowest BCUT2D eigenvalue weighted by Crippen LogP contribution is -2.50. The van der Waals surface area contributed by atoms with Crippen LogP contribution in [0, 0.1) is 0 Å². The minimum atomic E-state index is -0.526. The Labute approximate surface area is 247 Å². The van der Waals surface area contributed by atoms with Crippen LogP contribution in [0.25, 0.3) is 22.2 Å². The minimum absolute atomic E-state index is 0.297. The summed E-state index contributed by atoms with van der Waals surface area (Å²) in [5.74, 6) is 2.35. The predicted octanol–water partition coefficient (Wildman–Crippen LogP) is 5.55. The fourth-order valence-electron chi connectivity index (χ4n) is 4.62. The molecule has 5 aromatic rings. The van der Waals surface area contributed by atoms with E-state index in [0.717, 1.165) is 17.0 Å². The number of fused-ring (bicyclic) bond motifs is 2. The molecule has 0 spiro atoms. The van der Waals surface area contributed by atoms with Crippen molar-refractivity contribution in [3.05, 3.63) is 60.3 Å². The van der Waals surface area contributed by atoms with E-state index >= 15 is 0 Å². The number of halogens is 1. The van der Waals surface area contributed by atoms with E-state index in [0.29, 0.717) is 65.2 Å². The third-order valence-corrected chi connectivity index (χ3v) is 6.97. The van der Waals surface area contributed by atoms with Gasteiger partial charge < -0.3 is 29.2 Å². The Morgan fingerprint density at radius 3 is 2.55 bits per heavy atom. The van der Waals surface area contributed by atoms with Crippen LogP contribution in [-0.4, -0.2) is 72.3 Å². The maximum Gasteiger partial charge on any atom is 0.410 e. The molecular weight excluding hydrogens is 558 g/mol. The highest BCUT2D eigenvalue weighted by atomic mass is 35.5. The number of anilines is 3. The molecule has 0 aliphatic carbocycles. The maximum absolute atomic E-state index is 12.5. The number of ether oxygens (including phenoxy) is 2. The van der Waals surface area contributed by atoms with Gasteiger partial charge in [-0.2, -0.15) is 0 Å². The van der Waals surface area contributed by atoms with Crippen LogP contribution in [0.3, 0.4) is 0 Å². The van der Waals surface area contributed by atoms with Crippen LogP contribution in [0.4, 0.5) is 22.1 Å². The first-order valence-corrected chi connectivity index (χ1v) is 13.9. The molecule has 1 fully saturated rings. The van der Waals surface area contributed by atoms with Crippen LogP contribution in [0.5, 0.6) is 11.5 Å². The van der Waals surface area contributed by atoms with Crippen LogP contribution in [-0.2, 0) is 11.8 Å². The fourth-order valence-corrected chi connectivity index (χ4v) is 4.84. The Bertz CT molecular complexity index is 1780. The molecule has 1 aromatic carbocycles. The molecule has 4 aromatic heterocycles. The number of nitrogens with one attached hydrogen (secondary N) is 1. The highest BCUT2D eigenvalue weighted by Gasteiger charge is 2.26. The molecule has 13 heteroatoms. The molecular formula is C29H30ClN9O3. The summed E-state index contributed by atoms with van der Waals surface area (Å²) in [6, 6.07) is 11.1. The number of carbonyl (C=O) groups excluding carboxylic acids is 1. The van der Waals surface area contributed by atoms with Gasteiger partial charge in [-0.3, -0.25) is 0 Å². The van der Waals surface area contributed by atoms with Crippen molar-refractivity contribution in [2.75, 3.05) is 36.4 Å². The van der Waals surface area contributed by atoms with E-state index in [1.165, 1.54) is 6.33 Å². The molecule has 1 saturated heterocycles. The van der Waals surface area contributed by atoms with Crippen LogP contribution in [0.1, 0.15) is 20.8 Å². The summed E-state index contributed by atoms with van der Waals surface area (Å²) in [5, 5.41) is 3.73. The summed E-state index contributed by atoms with van der Waals surface area (Å²) in [6.07, 6.45) is 4.54. The van der Waals surface area contributed by atoms with Crippen molar-refractivity contribution in [1.29, 1.82) is 0 Å². The van der Waals surface area contributed by atoms with E-state index in [4.69, 9.17) is 26.1 Å². The topological polar surface area (TPSA) is 123 Å². The standard InChI is InChI=1S/C29H30ClN9O3/c1-29(2,3)42-28(40)39-11-9-38(10-12-39)24-8-6-21-25(36-24)26(33-16-32-21)35-18-5-7-23(20(30)13-18)41-19-14-22-27(31-15-19)37(4)17-34-22/h5-8,13-17H,9-12H2,1-4H3,(H,32,33,35). The minimum Gasteiger partial charge on any atom is -0.454 e. The van der Waals surface area contributed by atoms with Gasteiger partial charge in [0.25, 0.3) is 0 Å². The first-order chi connectivity index (χ1) is 20.1. The zero-order chi connectivity index (χ0) is 29.4. The van der Waals surface area contributed by atoms with E-state index in [2.05, 4.69) is 30.2 Å². The van der Waals surface area contributed by atoms with Gasteiger partial charge in [-0.15, -0.1) is 0 Å². The molecule has 0 bridgehead atoms. The normalized spacial score (nSPS) is 13.9. The lowest BCUT2D eigenvalue weighted by molar-refractivity contribution is 0.0240. The molecule has 42 heavy (non-hydrogen) atoms. The second-order valence-corrected chi connectivity index (χ2v) is 11.4. The Morgan fingerprint density at radius 1 is 0.976 bits per heavy atom. The molecule has 1 aliphatic heterocycles. The summed E-state index contributed by atoms with van der Waals surface area (Å²) in [6.45, 7) is 7.96. The number of hydrogen-bond acceptors (Lipinski definition) is 10. The van der Waals surface area contributed by atoms with Crippen molar-refractivity contribution in [2.45, 2.75) is 26.4 Å². The average Bonchev–Trinajstić information content (AvgIpc) is 3.33. The van der Waals surface area contributed by atoms with Crippen LogP contribution in [0.15, 0.2) is 55.2 Å². The third kappa shape index (κ3) is 5.84. The smallest absolute Gasteiger partial charge is 0.410 e. The summed E-state index contributed by atoms with van der Waals surface area (Å²) in [5.41, 5.74) is 3.01. The lowest BCUT2D eigenvalue weighted by atomic mass is 10.2. The molecule has 6 rings (SSSR count). The summed E-state index contributed by atoms with van der Waals surface area (Å²) in [7, 11) is 1.89. The number of rotatable bonds is 5. The Balaban J connectivity index is 1.16. The zero-order valence-corrected chi connectivity index (χ0v) is 24.5. The van der Waals surface area contributed by atoms with Crippen LogP contribution >= 0.6 is 11.6 Å². The highest BCUT2D eigenvalue weighted by Crippen LogP contribution is 2.34. The van der Waals surface area contributed by atoms with Gasteiger partial charge in [0.05, 0.1) is 23.1 Å². The van der Waals surface area contributed by atoms with E-state index in [1.807, 2.05) is 56.7 Å². The predicted molar refractivity (Wildman–Crippen MR) is 161 cm³/mol. The largest absolute Gasteiger partial charge is 0.454 e. The van der Waals surface area contributed by atoms with Gasteiger partial charge >= 0.3 is 6.09 Å². The molecule has 1 aliphatic rings. The number of pyridine rings is 2. The Kier molecular flexibility index (Phi) is 7.15. The average molecular weight is 588 g/mol. The third-order valence-electron chi connectivity index (χ3n) is 6.67. The number of aryl methyl sites for hydroxylation is 1. The van der Waals surface area contributed by atoms with E-state index in [-0.39, 0.29) is 6.09 Å². The second-order valence-electron chi connectivity index (χ2n) is 11.0. The number of benzene rings is 1. The molecule has 0 unspecified atom stereocenters. The van der Waals surface area contributed by atoms with E-state index in [9.17, 15) is 4.79 Å². The number of piperazine rings is 1. The van der Waals surface area contributed by atoms with Crippen molar-refractivity contribution in [2.24, 2.45) is 7.05 Å². The molecule has 1 amide bonds. The molecule has 0 radical (unpaired) electrons. The highest BCUT2D eigenvalue weighted by molar-refractivity contribution is 6.32. The number of aromatic nitrogens is 6. The van der Waals surface area contributed by atoms with Crippen molar-refractivity contribution >= 4 is 57.2 Å². The number of amides is 1. The molecule has 0 atom stereocenters. The van der Waals surface area contributed by atoms with Crippen LogP contribution in [0.2, 0.25) is 5.02 Å². The summed E-state index contributed by atoms with van der Waals surface area (Å²) in [4.78, 5) is 38.7. The van der Waals surface area contributed by atoms with Gasteiger partial charge in [0.15, 0.2) is 11.5 Å².